The smallest absolute Gasteiger partial charge is 0.329 e. The zero-order valence-corrected chi connectivity index (χ0v) is 40.9. The molecule has 1 saturated carbocycles. The molecule has 13 heteroatoms. The fourth-order valence-corrected chi connectivity index (χ4v) is 11.1. The van der Waals surface area contributed by atoms with Crippen molar-refractivity contribution < 1.29 is 52.7 Å². The van der Waals surface area contributed by atoms with E-state index >= 15 is 0 Å². The number of rotatable bonds is 9. The molecule has 1 aromatic heterocycles. The SMILES string of the molecule is C=CCC1/C=C(\C)CC(C)CC(OC)C2OC(O)(C(=O)C(=O)N3CCCCC3C(=O)OC(C(C)=CC3CCC(Oc4ccc5c(ccn5C)c4)C(OC)C3)C(C)CCC1=O)C(C)CC2OC. The maximum absolute atomic E-state index is 14.6. The predicted molar refractivity (Wildman–Crippen MR) is 253 cm³/mol. The van der Waals surface area contributed by atoms with Crippen LogP contribution < -0.4 is 4.74 Å². The zero-order chi connectivity index (χ0) is 47.9. The molecule has 364 valence electrons. The van der Waals surface area contributed by atoms with E-state index in [1.54, 1.807) is 34.3 Å². The van der Waals surface area contributed by atoms with Crippen LogP contribution >= 0.6 is 0 Å². The molecule has 3 aliphatic heterocycles. The van der Waals surface area contributed by atoms with E-state index in [1.807, 2.05) is 46.2 Å². The zero-order valence-electron chi connectivity index (χ0n) is 40.9. The van der Waals surface area contributed by atoms with Crippen LogP contribution in [0.3, 0.4) is 0 Å². The third kappa shape index (κ3) is 11.7. The van der Waals surface area contributed by atoms with Gasteiger partial charge in [0.1, 0.15) is 35.9 Å². The Bertz CT molecular complexity index is 2090. The minimum Gasteiger partial charge on any atom is -0.488 e. The Morgan fingerprint density at radius 2 is 1.65 bits per heavy atom. The maximum Gasteiger partial charge on any atom is 0.329 e. The number of esters is 1. The highest BCUT2D eigenvalue weighted by molar-refractivity contribution is 6.39. The molecule has 13 nitrogen and oxygen atoms in total. The van der Waals surface area contributed by atoms with Gasteiger partial charge in [0, 0.05) is 70.3 Å². The van der Waals surface area contributed by atoms with Crippen LogP contribution in [0.25, 0.3) is 10.9 Å². The fourth-order valence-electron chi connectivity index (χ4n) is 11.1. The number of piperidine rings is 1. The number of aromatic nitrogens is 1. The van der Waals surface area contributed by atoms with Gasteiger partial charge in [-0.05, 0) is 132 Å². The minimum absolute atomic E-state index is 0.0600. The van der Waals surface area contributed by atoms with Crippen LogP contribution in [-0.2, 0) is 49.9 Å². The van der Waals surface area contributed by atoms with Crippen molar-refractivity contribution in [2.45, 2.75) is 160 Å². The highest BCUT2D eigenvalue weighted by Gasteiger charge is 2.56. The molecule has 1 aromatic carbocycles. The van der Waals surface area contributed by atoms with E-state index in [2.05, 4.69) is 42.3 Å². The molecule has 0 spiro atoms. The van der Waals surface area contributed by atoms with Crippen molar-refractivity contribution in [2.75, 3.05) is 27.9 Å². The summed E-state index contributed by atoms with van der Waals surface area (Å²) in [5, 5.41) is 13.3. The number of allylic oxidation sites excluding steroid dienone is 4. The summed E-state index contributed by atoms with van der Waals surface area (Å²) >= 11 is 0. The molecule has 66 heavy (non-hydrogen) atoms. The van der Waals surface area contributed by atoms with Gasteiger partial charge in [-0.1, -0.05) is 44.6 Å². The summed E-state index contributed by atoms with van der Waals surface area (Å²) in [6, 6.07) is 7.14. The van der Waals surface area contributed by atoms with E-state index in [0.717, 1.165) is 40.6 Å². The lowest BCUT2D eigenvalue weighted by atomic mass is 9.82. The number of ether oxygens (including phenoxy) is 6. The Kier molecular flexibility index (Phi) is 17.7. The van der Waals surface area contributed by atoms with E-state index in [0.29, 0.717) is 51.4 Å². The van der Waals surface area contributed by atoms with Gasteiger partial charge in [0.2, 0.25) is 5.79 Å². The number of carbonyl (C=O) groups excluding carboxylic acids is 4. The Morgan fingerprint density at radius 1 is 0.924 bits per heavy atom. The first-order chi connectivity index (χ1) is 31.5. The fraction of sp³-hybridized carbons (Fsp3) is 0.660. The number of ketones is 2. The normalized spacial score (nSPS) is 35.9. The first kappa shape index (κ1) is 51.3. The number of aliphatic hydroxyl groups is 1. The molecule has 4 aliphatic rings. The number of methoxy groups -OCH3 is 3. The van der Waals surface area contributed by atoms with Crippen molar-refractivity contribution in [3.05, 3.63) is 66.4 Å². The van der Waals surface area contributed by atoms with Crippen molar-refractivity contribution in [3.8, 4) is 5.75 Å². The summed E-state index contributed by atoms with van der Waals surface area (Å²) in [7, 11) is 6.84. The van der Waals surface area contributed by atoms with E-state index in [1.165, 1.54) is 4.90 Å². The Morgan fingerprint density at radius 3 is 2.36 bits per heavy atom. The van der Waals surface area contributed by atoms with E-state index in [-0.39, 0.29) is 61.0 Å². The second-order valence-corrected chi connectivity index (χ2v) is 19.9. The number of carbonyl (C=O) groups is 4. The van der Waals surface area contributed by atoms with Crippen LogP contribution in [0.5, 0.6) is 5.75 Å². The summed E-state index contributed by atoms with van der Waals surface area (Å²) in [5.74, 6) is -5.62. The van der Waals surface area contributed by atoms with Gasteiger partial charge in [-0.15, -0.1) is 6.58 Å². The highest BCUT2D eigenvalue weighted by Crippen LogP contribution is 2.40. The number of cyclic esters (lactones) is 1. The lowest BCUT2D eigenvalue weighted by molar-refractivity contribution is -0.302. The third-order valence-electron chi connectivity index (χ3n) is 14.9. The second kappa shape index (κ2) is 22.8. The van der Waals surface area contributed by atoms with E-state index in [9.17, 15) is 24.3 Å². The van der Waals surface area contributed by atoms with Gasteiger partial charge in [0.15, 0.2) is 0 Å². The first-order valence-electron chi connectivity index (χ1n) is 24.3. The van der Waals surface area contributed by atoms with Gasteiger partial charge in [0.05, 0.1) is 18.3 Å². The number of nitrogens with zero attached hydrogens (tertiary/aromatic N) is 2. The second-order valence-electron chi connectivity index (χ2n) is 19.9. The minimum atomic E-state index is -2.48. The molecule has 6 rings (SSSR count). The maximum atomic E-state index is 14.6. The van der Waals surface area contributed by atoms with Crippen LogP contribution in [0, 0.1) is 29.6 Å². The number of hydrogen-bond donors (Lipinski definition) is 1. The van der Waals surface area contributed by atoms with Gasteiger partial charge in [-0.3, -0.25) is 14.4 Å². The van der Waals surface area contributed by atoms with Crippen molar-refractivity contribution in [2.24, 2.45) is 36.6 Å². The lowest BCUT2D eigenvalue weighted by Crippen LogP contribution is -2.64. The largest absolute Gasteiger partial charge is 0.488 e. The summed E-state index contributed by atoms with van der Waals surface area (Å²) in [6.45, 7) is 13.8. The molecule has 1 N–H and O–H groups in total. The first-order valence-corrected chi connectivity index (χ1v) is 24.3. The third-order valence-corrected chi connectivity index (χ3v) is 14.9. The van der Waals surface area contributed by atoms with E-state index in [4.69, 9.17) is 28.4 Å². The Hall–Kier alpha value is -4.14. The molecule has 3 fully saturated rings. The molecule has 13 atom stereocenters. The number of hydrogen-bond acceptors (Lipinski definition) is 11. The predicted octanol–water partition coefficient (Wildman–Crippen LogP) is 8.25. The number of benzene rings is 1. The summed E-state index contributed by atoms with van der Waals surface area (Å²) < 4.78 is 39.3. The Balaban J connectivity index is 1.29. The van der Waals surface area contributed by atoms with Gasteiger partial charge in [-0.25, -0.2) is 4.79 Å². The summed E-state index contributed by atoms with van der Waals surface area (Å²) in [6.07, 6.45) is 11.4. The number of fused-ring (bicyclic) bond motifs is 4. The van der Waals surface area contributed by atoms with Crippen LogP contribution in [-0.4, -0.2) is 114 Å². The van der Waals surface area contributed by atoms with Gasteiger partial charge in [0.25, 0.3) is 11.7 Å². The summed E-state index contributed by atoms with van der Waals surface area (Å²) in [5.41, 5.74) is 3.02. The van der Waals surface area contributed by atoms with Crippen molar-refractivity contribution in [3.63, 3.8) is 0 Å². The number of amides is 1. The molecule has 1 amide bonds. The standard InChI is InChI=1S/C53H76N2O11/c1-11-14-39-26-32(2)25-33(3)27-46(62-9)49-47(63-10)29-36(6)53(60,66-49)50(57)51(58)55-23-13-12-15-42(55)52(59)65-48(34(4)16-20-43(39)56)35(5)28-37-17-21-44(45(30-37)61-8)64-40-18-19-41-38(31-40)22-24-54(41)7/h11,18-19,22,24,26,28,31,33-34,36-37,39,42,44-49,60H,1,12-17,20-21,23,25,27,29-30H2,2-10H3/b32-26+,35-28?. The molecule has 4 heterocycles. The molecule has 2 bridgehead atoms. The molecule has 2 saturated heterocycles. The molecule has 0 radical (unpaired) electrons. The molecule has 13 unspecified atom stereocenters. The number of Topliss-reactive ketones (excluding diaryl/α,β-unsaturated/α-hetero) is 2. The molecular formula is C53H76N2O11. The molecule has 2 aromatic rings. The molecule has 1 aliphatic carbocycles. The summed E-state index contributed by atoms with van der Waals surface area (Å²) in [4.78, 5) is 58.6. The lowest BCUT2D eigenvalue weighted by Gasteiger charge is -2.47. The topological polar surface area (TPSA) is 152 Å². The monoisotopic (exact) mass is 917 g/mol. The Labute approximate surface area is 392 Å². The van der Waals surface area contributed by atoms with Crippen molar-refractivity contribution in [1.82, 2.24) is 9.47 Å². The van der Waals surface area contributed by atoms with Crippen molar-refractivity contribution in [1.29, 1.82) is 0 Å². The van der Waals surface area contributed by atoms with Gasteiger partial charge >= 0.3 is 5.97 Å². The quantitative estimate of drug-likeness (QED) is 0.147. The average molecular weight is 917 g/mol. The van der Waals surface area contributed by atoms with Crippen LogP contribution in [0.1, 0.15) is 112 Å². The van der Waals surface area contributed by atoms with Gasteiger partial charge < -0.3 is 43.0 Å². The van der Waals surface area contributed by atoms with Crippen LogP contribution in [0.2, 0.25) is 0 Å². The average Bonchev–Trinajstić information content (AvgIpc) is 3.68. The van der Waals surface area contributed by atoms with Crippen LogP contribution in [0.15, 0.2) is 66.4 Å². The van der Waals surface area contributed by atoms with Crippen LogP contribution in [0.4, 0.5) is 0 Å². The van der Waals surface area contributed by atoms with E-state index < -0.39 is 59.8 Å². The number of aryl methyl sites for hydroxylation is 1. The molecular weight excluding hydrogens is 841 g/mol. The van der Waals surface area contributed by atoms with Gasteiger partial charge in [-0.2, -0.15) is 0 Å². The van der Waals surface area contributed by atoms with Crippen molar-refractivity contribution >= 4 is 34.3 Å². The highest BCUT2D eigenvalue weighted by atomic mass is 16.7.